The Balaban J connectivity index is 2.30. The van der Waals surface area contributed by atoms with Gasteiger partial charge in [-0.1, -0.05) is 30.3 Å². The van der Waals surface area contributed by atoms with Gasteiger partial charge >= 0.3 is 7.12 Å². The molecule has 1 aromatic carbocycles. The highest BCUT2D eigenvalue weighted by molar-refractivity contribution is 6.55. The van der Waals surface area contributed by atoms with Crippen LogP contribution in [0.3, 0.4) is 0 Å². The Labute approximate surface area is 134 Å². The van der Waals surface area contributed by atoms with Crippen LogP contribution in [0.5, 0.6) is 0 Å². The van der Waals surface area contributed by atoms with Gasteiger partial charge in [-0.15, -0.1) is 0 Å². The third kappa shape index (κ3) is 3.44. The summed E-state index contributed by atoms with van der Waals surface area (Å²) >= 11 is 0. The second-order valence-corrected chi connectivity index (χ2v) is 6.75. The van der Waals surface area contributed by atoms with Crippen LogP contribution in [0.1, 0.15) is 38.8 Å². The molecule has 5 heteroatoms. The average Bonchev–Trinajstić information content (AvgIpc) is 2.66. The first-order chi connectivity index (χ1) is 10.3. The summed E-state index contributed by atoms with van der Waals surface area (Å²) in [7, 11) is -0.402. The minimum atomic E-state index is -0.402. The molecule has 0 bridgehead atoms. The second kappa shape index (κ2) is 6.55. The molecule has 120 valence electrons. The Kier molecular flexibility index (Phi) is 5.12. The number of hydrogen-bond donors (Lipinski definition) is 2. The summed E-state index contributed by atoms with van der Waals surface area (Å²) in [5.74, 6) is 0. The summed E-state index contributed by atoms with van der Waals surface area (Å²) in [6, 6.07) is 8.21. The molecule has 22 heavy (non-hydrogen) atoms. The molecule has 0 spiro atoms. The molecule has 0 saturated carbocycles. The Bertz CT molecular complexity index is 539. The third-order valence-corrected chi connectivity index (χ3v) is 4.60. The van der Waals surface area contributed by atoms with Gasteiger partial charge in [-0.3, -0.25) is 0 Å². The summed E-state index contributed by atoms with van der Waals surface area (Å²) in [5.41, 5.74) is 14.2. The predicted octanol–water partition coefficient (Wildman–Crippen LogP) is 2.16. The maximum absolute atomic E-state index is 6.09. The van der Waals surface area contributed by atoms with E-state index in [-0.39, 0.29) is 11.2 Å². The summed E-state index contributed by atoms with van der Waals surface area (Å²) in [4.78, 5) is 0. The highest BCUT2D eigenvalue weighted by Gasteiger charge is 2.52. The summed E-state index contributed by atoms with van der Waals surface area (Å²) < 4.78 is 12.2. The molecule has 0 amide bonds. The van der Waals surface area contributed by atoms with Crippen LogP contribution < -0.4 is 11.5 Å². The van der Waals surface area contributed by atoms with E-state index in [1.807, 2.05) is 39.8 Å². The van der Waals surface area contributed by atoms with E-state index in [0.29, 0.717) is 13.1 Å². The van der Waals surface area contributed by atoms with Gasteiger partial charge in [-0.05, 0) is 57.3 Å². The van der Waals surface area contributed by atoms with Gasteiger partial charge in [-0.2, -0.15) is 0 Å². The van der Waals surface area contributed by atoms with Crippen molar-refractivity contribution >= 4 is 13.2 Å². The zero-order chi connectivity index (χ0) is 16.4. The van der Waals surface area contributed by atoms with Crippen molar-refractivity contribution < 1.29 is 9.31 Å². The molecule has 1 aliphatic heterocycles. The van der Waals surface area contributed by atoms with Crippen LogP contribution >= 0.6 is 0 Å². The van der Waals surface area contributed by atoms with Gasteiger partial charge in [0.2, 0.25) is 0 Å². The highest BCUT2D eigenvalue weighted by Crippen LogP contribution is 2.38. The zero-order valence-electron chi connectivity index (χ0n) is 14.1. The maximum Gasteiger partial charge on any atom is 0.491 e. The van der Waals surface area contributed by atoms with Gasteiger partial charge in [0.05, 0.1) is 11.2 Å². The molecule has 4 N–H and O–H groups in total. The van der Waals surface area contributed by atoms with Gasteiger partial charge in [-0.25, -0.2) is 0 Å². The lowest BCUT2D eigenvalue weighted by Crippen LogP contribution is -2.41. The predicted molar refractivity (Wildman–Crippen MR) is 92.3 cm³/mol. The van der Waals surface area contributed by atoms with Crippen LogP contribution in [0.4, 0.5) is 0 Å². The molecule has 1 aromatic rings. The van der Waals surface area contributed by atoms with Crippen LogP contribution in [0.2, 0.25) is 0 Å². The topological polar surface area (TPSA) is 70.5 Å². The van der Waals surface area contributed by atoms with Crippen LogP contribution in [-0.2, 0) is 15.7 Å². The largest absolute Gasteiger partial charge is 0.491 e. The molecule has 0 aliphatic carbocycles. The van der Waals surface area contributed by atoms with E-state index >= 15 is 0 Å². The van der Waals surface area contributed by atoms with E-state index in [9.17, 15) is 0 Å². The standard InChI is InChI=1S/C17H27BN2O2/c1-16(2)17(3,4)22-18(21-16)15(12-20)11-14-8-6-5-7-13(14)9-10-19/h5-8,11H,9-10,12,19-20H2,1-4H3. The average molecular weight is 302 g/mol. The minimum absolute atomic E-state index is 0.358. The van der Waals surface area contributed by atoms with E-state index in [2.05, 4.69) is 18.2 Å². The number of benzene rings is 1. The van der Waals surface area contributed by atoms with Gasteiger partial charge in [0.15, 0.2) is 0 Å². The van der Waals surface area contributed by atoms with Gasteiger partial charge in [0, 0.05) is 6.54 Å². The molecular formula is C17H27BN2O2. The van der Waals surface area contributed by atoms with E-state index < -0.39 is 7.12 Å². The monoisotopic (exact) mass is 302 g/mol. The van der Waals surface area contributed by atoms with Crippen molar-refractivity contribution in [1.82, 2.24) is 0 Å². The fraction of sp³-hybridized carbons (Fsp3) is 0.529. The first-order valence-corrected chi connectivity index (χ1v) is 7.85. The molecule has 1 saturated heterocycles. The molecule has 1 fully saturated rings. The van der Waals surface area contributed by atoms with Gasteiger partial charge in [0.1, 0.15) is 0 Å². The van der Waals surface area contributed by atoms with Crippen LogP contribution in [0.15, 0.2) is 29.7 Å². The van der Waals surface area contributed by atoms with Crippen molar-refractivity contribution in [2.45, 2.75) is 45.3 Å². The van der Waals surface area contributed by atoms with Crippen LogP contribution in [-0.4, -0.2) is 31.4 Å². The Morgan fingerprint density at radius 1 is 1.09 bits per heavy atom. The van der Waals surface area contributed by atoms with E-state index in [4.69, 9.17) is 20.8 Å². The summed E-state index contributed by atoms with van der Waals surface area (Å²) in [6.07, 6.45) is 2.92. The lowest BCUT2D eigenvalue weighted by atomic mass is 9.76. The Hall–Kier alpha value is -1.14. The summed E-state index contributed by atoms with van der Waals surface area (Å²) in [6.45, 7) is 9.20. The SMILES string of the molecule is CC1(C)OB(C(=Cc2ccccc2CCN)CN)OC1(C)C. The fourth-order valence-corrected chi connectivity index (χ4v) is 2.48. The molecule has 0 radical (unpaired) electrons. The number of nitrogens with two attached hydrogens (primary N) is 2. The quantitative estimate of drug-likeness (QED) is 0.818. The summed E-state index contributed by atoms with van der Waals surface area (Å²) in [5, 5.41) is 0. The molecule has 2 rings (SSSR count). The van der Waals surface area contributed by atoms with Crippen molar-refractivity contribution in [3.05, 3.63) is 40.9 Å². The third-order valence-electron chi connectivity index (χ3n) is 4.60. The first-order valence-electron chi connectivity index (χ1n) is 7.85. The molecular weight excluding hydrogens is 275 g/mol. The van der Waals surface area contributed by atoms with E-state index in [1.54, 1.807) is 0 Å². The van der Waals surface area contributed by atoms with Crippen molar-refractivity contribution in [3.63, 3.8) is 0 Å². The maximum atomic E-state index is 6.09. The lowest BCUT2D eigenvalue weighted by Gasteiger charge is -2.32. The molecule has 0 atom stereocenters. The zero-order valence-corrected chi connectivity index (χ0v) is 14.1. The number of hydrogen-bond acceptors (Lipinski definition) is 4. The van der Waals surface area contributed by atoms with Gasteiger partial charge < -0.3 is 20.8 Å². The highest BCUT2D eigenvalue weighted by atomic mass is 16.7. The lowest BCUT2D eigenvalue weighted by molar-refractivity contribution is 0.00578. The Morgan fingerprint density at radius 2 is 1.68 bits per heavy atom. The van der Waals surface area contributed by atoms with Gasteiger partial charge in [0.25, 0.3) is 0 Å². The van der Waals surface area contributed by atoms with Crippen LogP contribution in [0, 0.1) is 0 Å². The second-order valence-electron chi connectivity index (χ2n) is 6.75. The smallest absolute Gasteiger partial charge is 0.400 e. The van der Waals surface area contributed by atoms with E-state index in [1.165, 1.54) is 5.56 Å². The fourth-order valence-electron chi connectivity index (χ4n) is 2.48. The Morgan fingerprint density at radius 3 is 2.23 bits per heavy atom. The molecule has 1 heterocycles. The van der Waals surface area contributed by atoms with Crippen molar-refractivity contribution in [2.75, 3.05) is 13.1 Å². The van der Waals surface area contributed by atoms with Crippen molar-refractivity contribution in [2.24, 2.45) is 11.5 Å². The minimum Gasteiger partial charge on any atom is -0.400 e. The first kappa shape index (κ1) is 17.2. The molecule has 4 nitrogen and oxygen atoms in total. The normalized spacial score (nSPS) is 20.5. The number of rotatable bonds is 5. The molecule has 1 aliphatic rings. The molecule has 0 unspecified atom stereocenters. The molecule has 0 aromatic heterocycles. The van der Waals surface area contributed by atoms with Crippen LogP contribution in [0.25, 0.3) is 6.08 Å². The van der Waals surface area contributed by atoms with Crippen molar-refractivity contribution in [3.8, 4) is 0 Å². The van der Waals surface area contributed by atoms with Crippen molar-refractivity contribution in [1.29, 1.82) is 0 Å². The van der Waals surface area contributed by atoms with E-state index in [0.717, 1.165) is 17.5 Å².